The first-order valence-corrected chi connectivity index (χ1v) is 8.56. The van der Waals surface area contributed by atoms with Gasteiger partial charge in [-0.15, -0.1) is 0 Å². The molecule has 110 valence electrons. The largest absolute Gasteiger partial charge is 0.316 e. The van der Waals surface area contributed by atoms with Crippen molar-refractivity contribution in [2.75, 3.05) is 13.1 Å². The van der Waals surface area contributed by atoms with Gasteiger partial charge in [0.2, 0.25) is 0 Å². The molecule has 2 rings (SSSR count). The fourth-order valence-electron chi connectivity index (χ4n) is 4.10. The maximum Gasteiger partial charge on any atom is 0.00455 e. The van der Waals surface area contributed by atoms with Crippen molar-refractivity contribution < 1.29 is 0 Å². The Bertz CT molecular complexity index is 297. The molecule has 2 aliphatic carbocycles. The van der Waals surface area contributed by atoms with Crippen LogP contribution in [0.4, 0.5) is 0 Å². The molecule has 1 saturated carbocycles. The summed E-state index contributed by atoms with van der Waals surface area (Å²) in [5, 5.41) is 3.75. The molecule has 0 aliphatic heterocycles. The Balaban J connectivity index is 1.92. The molecular weight excluding hydrogens is 230 g/mol. The Kier molecular flexibility index (Phi) is 5.50. The standard InChI is InChI=1S/C18H33N/c1-4-8-16-11-18(12-16,14-19-13-15(2)3)17-9-6-5-7-10-17/h9,15-16,19H,4-8,10-14H2,1-3H3. The third kappa shape index (κ3) is 3.84. The van der Waals surface area contributed by atoms with Gasteiger partial charge in [0.15, 0.2) is 0 Å². The van der Waals surface area contributed by atoms with Crippen LogP contribution in [-0.2, 0) is 0 Å². The minimum Gasteiger partial charge on any atom is -0.316 e. The summed E-state index contributed by atoms with van der Waals surface area (Å²) in [6.07, 6.45) is 13.9. The molecule has 0 unspecified atom stereocenters. The predicted molar refractivity (Wildman–Crippen MR) is 84.3 cm³/mol. The molecule has 1 nitrogen and oxygen atoms in total. The number of hydrogen-bond acceptors (Lipinski definition) is 1. The highest BCUT2D eigenvalue weighted by atomic mass is 14.9. The summed E-state index contributed by atoms with van der Waals surface area (Å²) < 4.78 is 0. The van der Waals surface area contributed by atoms with Crippen molar-refractivity contribution in [2.45, 2.75) is 72.1 Å². The lowest BCUT2D eigenvalue weighted by molar-refractivity contribution is 0.0798. The summed E-state index contributed by atoms with van der Waals surface area (Å²) >= 11 is 0. The maximum absolute atomic E-state index is 3.75. The van der Waals surface area contributed by atoms with Crippen molar-refractivity contribution in [2.24, 2.45) is 17.3 Å². The fourth-order valence-corrected chi connectivity index (χ4v) is 4.10. The number of rotatable bonds is 7. The second-order valence-corrected chi connectivity index (χ2v) is 7.34. The van der Waals surface area contributed by atoms with Gasteiger partial charge in [-0.3, -0.25) is 0 Å². The molecule has 1 heteroatoms. The maximum atomic E-state index is 3.75. The molecule has 0 aromatic rings. The van der Waals surface area contributed by atoms with Crippen LogP contribution in [0.25, 0.3) is 0 Å². The van der Waals surface area contributed by atoms with E-state index in [1.54, 1.807) is 0 Å². The first-order chi connectivity index (χ1) is 9.16. The topological polar surface area (TPSA) is 12.0 Å². The molecule has 0 aromatic heterocycles. The van der Waals surface area contributed by atoms with Crippen molar-refractivity contribution in [3.63, 3.8) is 0 Å². The zero-order valence-corrected chi connectivity index (χ0v) is 13.3. The van der Waals surface area contributed by atoms with Gasteiger partial charge in [0, 0.05) is 12.0 Å². The summed E-state index contributed by atoms with van der Waals surface area (Å²) in [7, 11) is 0. The van der Waals surface area contributed by atoms with E-state index in [1.807, 2.05) is 5.57 Å². The highest BCUT2D eigenvalue weighted by Gasteiger charge is 2.45. The summed E-state index contributed by atoms with van der Waals surface area (Å²) in [6, 6.07) is 0. The average Bonchev–Trinajstić information content (AvgIpc) is 2.36. The van der Waals surface area contributed by atoms with E-state index in [9.17, 15) is 0 Å². The van der Waals surface area contributed by atoms with Gasteiger partial charge in [-0.1, -0.05) is 45.3 Å². The van der Waals surface area contributed by atoms with Crippen molar-refractivity contribution in [1.82, 2.24) is 5.32 Å². The second kappa shape index (κ2) is 6.92. The quantitative estimate of drug-likeness (QED) is 0.642. The fraction of sp³-hybridized carbons (Fsp3) is 0.889. The monoisotopic (exact) mass is 263 g/mol. The van der Waals surface area contributed by atoms with Gasteiger partial charge in [-0.05, 0) is 56.9 Å². The molecule has 0 bridgehead atoms. The molecule has 0 spiro atoms. The lowest BCUT2D eigenvalue weighted by Gasteiger charge is -2.51. The van der Waals surface area contributed by atoms with Gasteiger partial charge >= 0.3 is 0 Å². The van der Waals surface area contributed by atoms with Crippen LogP contribution in [0.5, 0.6) is 0 Å². The van der Waals surface area contributed by atoms with Crippen molar-refractivity contribution in [3.05, 3.63) is 11.6 Å². The summed E-state index contributed by atoms with van der Waals surface area (Å²) in [5.74, 6) is 1.78. The van der Waals surface area contributed by atoms with Crippen LogP contribution in [-0.4, -0.2) is 13.1 Å². The van der Waals surface area contributed by atoms with E-state index in [4.69, 9.17) is 0 Å². The third-order valence-electron chi connectivity index (χ3n) is 5.04. The van der Waals surface area contributed by atoms with Gasteiger partial charge in [0.05, 0.1) is 0 Å². The summed E-state index contributed by atoms with van der Waals surface area (Å²) in [4.78, 5) is 0. The van der Waals surface area contributed by atoms with Crippen LogP contribution in [0.15, 0.2) is 11.6 Å². The van der Waals surface area contributed by atoms with Gasteiger partial charge in [0.1, 0.15) is 0 Å². The average molecular weight is 263 g/mol. The van der Waals surface area contributed by atoms with Crippen LogP contribution in [0.1, 0.15) is 72.1 Å². The molecule has 0 radical (unpaired) electrons. The van der Waals surface area contributed by atoms with E-state index >= 15 is 0 Å². The smallest absolute Gasteiger partial charge is 0.00455 e. The summed E-state index contributed by atoms with van der Waals surface area (Å²) in [6.45, 7) is 9.35. The predicted octanol–water partition coefficient (Wildman–Crippen LogP) is 4.93. The highest BCUT2D eigenvalue weighted by molar-refractivity contribution is 5.22. The Hall–Kier alpha value is -0.300. The van der Waals surface area contributed by atoms with E-state index in [0.29, 0.717) is 5.41 Å². The third-order valence-corrected chi connectivity index (χ3v) is 5.04. The first kappa shape index (κ1) is 15.1. The van der Waals surface area contributed by atoms with E-state index in [2.05, 4.69) is 32.2 Å². The zero-order chi connectivity index (χ0) is 13.7. The number of allylic oxidation sites excluding steroid dienone is 1. The van der Waals surface area contributed by atoms with Crippen LogP contribution in [0.2, 0.25) is 0 Å². The van der Waals surface area contributed by atoms with Crippen LogP contribution >= 0.6 is 0 Å². The minimum absolute atomic E-state index is 0.551. The molecular formula is C18H33N. The Labute approximate surface area is 120 Å². The Morgan fingerprint density at radius 1 is 1.32 bits per heavy atom. The Morgan fingerprint density at radius 2 is 2.11 bits per heavy atom. The lowest BCUT2D eigenvalue weighted by Crippen LogP contribution is -2.47. The van der Waals surface area contributed by atoms with Crippen molar-refractivity contribution >= 4 is 0 Å². The highest BCUT2D eigenvalue weighted by Crippen LogP contribution is 2.54. The van der Waals surface area contributed by atoms with Gasteiger partial charge in [-0.2, -0.15) is 0 Å². The van der Waals surface area contributed by atoms with Crippen LogP contribution < -0.4 is 5.32 Å². The SMILES string of the molecule is CCCC1CC(CNCC(C)C)(C2=CCCCC2)C1. The Morgan fingerprint density at radius 3 is 2.68 bits per heavy atom. The second-order valence-electron chi connectivity index (χ2n) is 7.34. The zero-order valence-electron chi connectivity index (χ0n) is 13.3. The molecule has 0 saturated heterocycles. The minimum atomic E-state index is 0.551. The van der Waals surface area contributed by atoms with E-state index in [-0.39, 0.29) is 0 Å². The number of nitrogens with one attached hydrogen (secondary N) is 1. The van der Waals surface area contributed by atoms with Gasteiger partial charge in [0.25, 0.3) is 0 Å². The summed E-state index contributed by atoms with van der Waals surface area (Å²) in [5.41, 5.74) is 2.36. The van der Waals surface area contributed by atoms with E-state index in [0.717, 1.165) is 11.8 Å². The number of hydrogen-bond donors (Lipinski definition) is 1. The molecule has 1 N–H and O–H groups in total. The normalized spacial score (nSPS) is 31.2. The molecule has 2 aliphatic rings. The van der Waals surface area contributed by atoms with E-state index in [1.165, 1.54) is 64.5 Å². The van der Waals surface area contributed by atoms with Gasteiger partial charge < -0.3 is 5.32 Å². The van der Waals surface area contributed by atoms with Crippen molar-refractivity contribution in [3.8, 4) is 0 Å². The van der Waals surface area contributed by atoms with Crippen LogP contribution in [0.3, 0.4) is 0 Å². The van der Waals surface area contributed by atoms with Gasteiger partial charge in [-0.25, -0.2) is 0 Å². The lowest BCUT2D eigenvalue weighted by atomic mass is 9.56. The molecule has 0 atom stereocenters. The van der Waals surface area contributed by atoms with Crippen LogP contribution in [0, 0.1) is 17.3 Å². The molecule has 1 fully saturated rings. The molecule has 19 heavy (non-hydrogen) atoms. The van der Waals surface area contributed by atoms with Crippen molar-refractivity contribution in [1.29, 1.82) is 0 Å². The van der Waals surface area contributed by atoms with E-state index < -0.39 is 0 Å². The molecule has 0 amide bonds. The molecule has 0 heterocycles. The molecule has 0 aromatic carbocycles. The first-order valence-electron chi connectivity index (χ1n) is 8.56.